The smallest absolute Gasteiger partial charge is 0.324 e. The number of aromatic nitrogens is 3. The number of rotatable bonds is 9. The molecule has 1 fully saturated rings. The van der Waals surface area contributed by atoms with Crippen molar-refractivity contribution >= 4 is 23.2 Å². The number of carbonyl (C=O) groups excluding carboxylic acids is 1. The highest BCUT2D eigenvalue weighted by molar-refractivity contribution is 5.99. The van der Waals surface area contributed by atoms with Crippen molar-refractivity contribution in [1.29, 1.82) is 0 Å². The van der Waals surface area contributed by atoms with E-state index in [1.165, 1.54) is 0 Å². The summed E-state index contributed by atoms with van der Waals surface area (Å²) in [6.45, 7) is 11.6. The minimum absolute atomic E-state index is 0.198. The molecule has 0 aliphatic carbocycles. The van der Waals surface area contributed by atoms with Gasteiger partial charge in [-0.2, -0.15) is 5.10 Å². The molecule has 2 amide bonds. The molecular formula is C31H37N7O3. The molecule has 5 rings (SSSR count). The van der Waals surface area contributed by atoms with Gasteiger partial charge in [-0.25, -0.2) is 9.48 Å². The second kappa shape index (κ2) is 12.8. The molecule has 10 heteroatoms. The fourth-order valence-corrected chi connectivity index (χ4v) is 4.39. The van der Waals surface area contributed by atoms with E-state index < -0.39 is 0 Å². The highest BCUT2D eigenvalue weighted by Gasteiger charge is 2.22. The highest BCUT2D eigenvalue weighted by Crippen LogP contribution is 2.28. The summed E-state index contributed by atoms with van der Waals surface area (Å²) in [5, 5.41) is 14.3. The molecule has 3 N–H and O–H groups in total. The van der Waals surface area contributed by atoms with E-state index >= 15 is 0 Å². The van der Waals surface area contributed by atoms with E-state index in [4.69, 9.17) is 14.6 Å². The van der Waals surface area contributed by atoms with Crippen LogP contribution in [0.3, 0.4) is 0 Å². The normalized spacial score (nSPS) is 13.9. The van der Waals surface area contributed by atoms with Crippen LogP contribution in [0, 0.1) is 0 Å². The molecule has 0 saturated carbocycles. The molecule has 0 atom stereocenters. The minimum Gasteiger partial charge on any atom is -0.457 e. The van der Waals surface area contributed by atoms with Gasteiger partial charge >= 0.3 is 6.03 Å². The first-order chi connectivity index (χ1) is 19.8. The number of nitrogens with zero attached hydrogens (tertiary/aromatic N) is 4. The second-order valence-electron chi connectivity index (χ2n) is 10.9. The number of carbonyl (C=O) groups is 1. The van der Waals surface area contributed by atoms with Crippen LogP contribution in [0.25, 0.3) is 5.69 Å². The molecule has 1 aliphatic rings. The third-order valence-electron chi connectivity index (χ3n) is 6.67. The van der Waals surface area contributed by atoms with Crippen molar-refractivity contribution in [2.24, 2.45) is 0 Å². The Morgan fingerprint density at radius 2 is 1.66 bits per heavy atom. The number of hydrogen-bond acceptors (Lipinski definition) is 7. The maximum Gasteiger partial charge on any atom is 0.324 e. The molecule has 0 radical (unpaired) electrons. The zero-order valence-corrected chi connectivity index (χ0v) is 23.8. The van der Waals surface area contributed by atoms with Gasteiger partial charge in [-0.3, -0.25) is 15.2 Å². The fraction of sp³-hybridized carbons (Fsp3) is 0.323. The summed E-state index contributed by atoms with van der Waals surface area (Å²) >= 11 is 0. The van der Waals surface area contributed by atoms with Crippen LogP contribution in [0.4, 0.5) is 22.0 Å². The molecular weight excluding hydrogens is 518 g/mol. The minimum atomic E-state index is -0.366. The van der Waals surface area contributed by atoms with E-state index in [0.29, 0.717) is 23.0 Å². The number of anilines is 3. The Balaban J connectivity index is 1.26. The average molecular weight is 556 g/mol. The summed E-state index contributed by atoms with van der Waals surface area (Å²) in [5.74, 6) is 1.93. The van der Waals surface area contributed by atoms with Gasteiger partial charge in [-0.05, 0) is 54.6 Å². The standard InChI is InChI=1S/C31H37N7O3/c1-31(2,3)28-22-29(35-30(39)34-23-7-9-26(10-8-23)41-27-11-13-32-14-12-27)38(36-28)25-6-4-5-24(21-25)33-15-16-37-17-19-40-20-18-37/h4-14,21-22,33H,15-20H2,1-3H3,(H2,34,35,39). The van der Waals surface area contributed by atoms with E-state index in [2.05, 4.69) is 46.6 Å². The summed E-state index contributed by atoms with van der Waals surface area (Å²) < 4.78 is 13.0. The number of amides is 2. The highest BCUT2D eigenvalue weighted by atomic mass is 16.5. The number of nitrogens with one attached hydrogen (secondary N) is 3. The van der Waals surface area contributed by atoms with E-state index in [-0.39, 0.29) is 11.4 Å². The maximum atomic E-state index is 13.0. The number of morpholine rings is 1. The number of urea groups is 1. The lowest BCUT2D eigenvalue weighted by molar-refractivity contribution is 0.0398. The predicted octanol–water partition coefficient (Wildman–Crippen LogP) is 5.75. The molecule has 41 heavy (non-hydrogen) atoms. The Labute approximate surface area is 240 Å². The van der Waals surface area contributed by atoms with Gasteiger partial charge in [0.25, 0.3) is 0 Å². The summed E-state index contributed by atoms with van der Waals surface area (Å²) in [4.78, 5) is 19.4. The molecule has 4 aromatic rings. The molecule has 1 saturated heterocycles. The summed E-state index contributed by atoms with van der Waals surface area (Å²) in [5.41, 5.74) is 3.16. The molecule has 3 heterocycles. The Bertz CT molecular complexity index is 1430. The monoisotopic (exact) mass is 555 g/mol. The first kappa shape index (κ1) is 28.1. The summed E-state index contributed by atoms with van der Waals surface area (Å²) in [6.07, 6.45) is 3.34. The van der Waals surface area contributed by atoms with Crippen LogP contribution in [0.1, 0.15) is 26.5 Å². The third-order valence-corrected chi connectivity index (χ3v) is 6.67. The van der Waals surface area contributed by atoms with Gasteiger partial charge in [-0.1, -0.05) is 26.8 Å². The van der Waals surface area contributed by atoms with Crippen LogP contribution in [-0.2, 0) is 10.2 Å². The Morgan fingerprint density at radius 1 is 0.927 bits per heavy atom. The molecule has 214 valence electrons. The lowest BCUT2D eigenvalue weighted by Gasteiger charge is -2.26. The van der Waals surface area contributed by atoms with Gasteiger partial charge < -0.3 is 20.1 Å². The first-order valence-corrected chi connectivity index (χ1v) is 13.8. The predicted molar refractivity (Wildman–Crippen MR) is 161 cm³/mol. The lowest BCUT2D eigenvalue weighted by Crippen LogP contribution is -2.39. The van der Waals surface area contributed by atoms with Crippen LogP contribution >= 0.6 is 0 Å². The average Bonchev–Trinajstić information content (AvgIpc) is 3.40. The SMILES string of the molecule is CC(C)(C)c1cc(NC(=O)Nc2ccc(Oc3ccncc3)cc2)n(-c2cccc(NCCN3CCOCC3)c2)n1. The first-order valence-electron chi connectivity index (χ1n) is 13.8. The van der Waals surface area contributed by atoms with Crippen molar-refractivity contribution in [2.45, 2.75) is 26.2 Å². The third kappa shape index (κ3) is 7.84. The number of benzene rings is 2. The summed E-state index contributed by atoms with van der Waals surface area (Å²) in [7, 11) is 0. The van der Waals surface area contributed by atoms with Gasteiger partial charge in [0, 0.05) is 61.4 Å². The topological polar surface area (TPSA) is 106 Å². The zero-order chi connectivity index (χ0) is 28.7. The Kier molecular flexibility index (Phi) is 8.81. The number of ether oxygens (including phenoxy) is 2. The molecule has 1 aliphatic heterocycles. The molecule has 0 unspecified atom stereocenters. The van der Waals surface area contributed by atoms with Crippen LogP contribution < -0.4 is 20.7 Å². The lowest BCUT2D eigenvalue weighted by atomic mass is 9.92. The molecule has 2 aromatic heterocycles. The molecule has 2 aromatic carbocycles. The van der Waals surface area contributed by atoms with E-state index in [0.717, 1.165) is 56.5 Å². The number of hydrogen-bond donors (Lipinski definition) is 3. The molecule has 10 nitrogen and oxygen atoms in total. The van der Waals surface area contributed by atoms with Gasteiger partial charge in [-0.15, -0.1) is 0 Å². The van der Waals surface area contributed by atoms with Crippen molar-refractivity contribution in [1.82, 2.24) is 19.7 Å². The largest absolute Gasteiger partial charge is 0.457 e. The van der Waals surface area contributed by atoms with E-state index in [1.54, 1.807) is 53.5 Å². The van der Waals surface area contributed by atoms with Crippen molar-refractivity contribution < 1.29 is 14.3 Å². The quantitative estimate of drug-likeness (QED) is 0.242. The van der Waals surface area contributed by atoms with Crippen molar-refractivity contribution in [2.75, 3.05) is 55.3 Å². The van der Waals surface area contributed by atoms with Crippen LogP contribution in [0.15, 0.2) is 79.1 Å². The van der Waals surface area contributed by atoms with E-state index in [9.17, 15) is 4.79 Å². The van der Waals surface area contributed by atoms with Crippen LogP contribution in [0.2, 0.25) is 0 Å². The summed E-state index contributed by atoms with van der Waals surface area (Å²) in [6, 6.07) is 20.4. The fourth-order valence-electron chi connectivity index (χ4n) is 4.39. The Hall–Kier alpha value is -4.41. The molecule has 0 bridgehead atoms. The molecule has 0 spiro atoms. The van der Waals surface area contributed by atoms with Crippen molar-refractivity contribution in [3.05, 3.63) is 84.8 Å². The van der Waals surface area contributed by atoms with Crippen LogP contribution in [0.5, 0.6) is 11.5 Å². The maximum absolute atomic E-state index is 13.0. The number of pyridine rings is 1. The van der Waals surface area contributed by atoms with Gasteiger partial charge in [0.05, 0.1) is 24.6 Å². The Morgan fingerprint density at radius 3 is 2.39 bits per heavy atom. The van der Waals surface area contributed by atoms with Crippen molar-refractivity contribution in [3.63, 3.8) is 0 Å². The van der Waals surface area contributed by atoms with Gasteiger partial charge in [0.1, 0.15) is 17.3 Å². The van der Waals surface area contributed by atoms with Gasteiger partial charge in [0.2, 0.25) is 0 Å². The second-order valence-corrected chi connectivity index (χ2v) is 10.9. The zero-order valence-electron chi connectivity index (χ0n) is 23.8. The van der Waals surface area contributed by atoms with Crippen LogP contribution in [-0.4, -0.2) is 65.1 Å². The van der Waals surface area contributed by atoms with E-state index in [1.807, 2.05) is 30.3 Å². The van der Waals surface area contributed by atoms with Gasteiger partial charge in [0.15, 0.2) is 0 Å². The van der Waals surface area contributed by atoms with Crippen molar-refractivity contribution in [3.8, 4) is 17.2 Å².